The molecule has 1 amide bonds. The molecule has 130 valence electrons. The number of hydrogen-bond acceptors (Lipinski definition) is 3. The predicted octanol–water partition coefficient (Wildman–Crippen LogP) is 3.58. The minimum Gasteiger partial charge on any atom is -0.307 e. The van der Waals surface area contributed by atoms with E-state index in [-0.39, 0.29) is 11.9 Å². The first kappa shape index (κ1) is 17.0. The van der Waals surface area contributed by atoms with Crippen molar-refractivity contribution in [2.24, 2.45) is 0 Å². The molecule has 2 heterocycles. The number of rotatable bonds is 5. The average molecular weight is 337 g/mol. The molecule has 6 nitrogen and oxygen atoms in total. The quantitative estimate of drug-likeness (QED) is 0.774. The molecule has 0 bridgehead atoms. The smallest absolute Gasteiger partial charge is 0.256 e. The van der Waals surface area contributed by atoms with Crippen molar-refractivity contribution in [1.29, 1.82) is 0 Å². The standard InChI is InChI=1S/C19H23N5O/c1-13(2)24-18(9-10-20-24)21-19(25)17-7-5-16(6-8-17)12-23-15(4)11-14(3)22-23/h5-11,13H,12H2,1-4H3,(H,21,25). The Balaban J connectivity index is 1.70. The molecule has 3 rings (SSSR count). The van der Waals surface area contributed by atoms with Crippen LogP contribution in [0.2, 0.25) is 0 Å². The van der Waals surface area contributed by atoms with E-state index in [0.717, 1.165) is 17.0 Å². The fourth-order valence-electron chi connectivity index (χ4n) is 2.78. The number of hydrogen-bond donors (Lipinski definition) is 1. The van der Waals surface area contributed by atoms with Crippen LogP contribution in [-0.2, 0) is 6.54 Å². The Morgan fingerprint density at radius 2 is 1.88 bits per heavy atom. The van der Waals surface area contributed by atoms with E-state index in [1.807, 2.05) is 56.6 Å². The maximum absolute atomic E-state index is 12.4. The van der Waals surface area contributed by atoms with Gasteiger partial charge >= 0.3 is 0 Å². The van der Waals surface area contributed by atoms with Gasteiger partial charge in [0.25, 0.3) is 5.91 Å². The molecule has 0 saturated carbocycles. The second-order valence-corrected chi connectivity index (χ2v) is 6.49. The molecular formula is C19H23N5O. The zero-order valence-corrected chi connectivity index (χ0v) is 15.0. The van der Waals surface area contributed by atoms with Gasteiger partial charge in [0, 0.05) is 23.4 Å². The van der Waals surface area contributed by atoms with E-state index in [0.29, 0.717) is 17.9 Å². The lowest BCUT2D eigenvalue weighted by Gasteiger charge is -2.12. The molecule has 0 aliphatic heterocycles. The van der Waals surface area contributed by atoms with Crippen LogP contribution < -0.4 is 5.32 Å². The number of nitrogens with one attached hydrogen (secondary N) is 1. The topological polar surface area (TPSA) is 64.7 Å². The SMILES string of the molecule is Cc1cc(C)n(Cc2ccc(C(=O)Nc3ccnn3C(C)C)cc2)n1. The second-order valence-electron chi connectivity index (χ2n) is 6.49. The van der Waals surface area contributed by atoms with E-state index < -0.39 is 0 Å². The number of carbonyl (C=O) groups is 1. The maximum Gasteiger partial charge on any atom is 0.256 e. The number of benzene rings is 1. The summed E-state index contributed by atoms with van der Waals surface area (Å²) in [6, 6.07) is 11.7. The third kappa shape index (κ3) is 3.79. The summed E-state index contributed by atoms with van der Waals surface area (Å²) in [4.78, 5) is 12.4. The van der Waals surface area contributed by atoms with Gasteiger partial charge < -0.3 is 5.32 Å². The summed E-state index contributed by atoms with van der Waals surface area (Å²) in [5.74, 6) is 0.562. The van der Waals surface area contributed by atoms with Gasteiger partial charge in [0.05, 0.1) is 18.4 Å². The lowest BCUT2D eigenvalue weighted by Crippen LogP contribution is -2.16. The number of anilines is 1. The highest BCUT2D eigenvalue weighted by molar-refractivity contribution is 6.03. The van der Waals surface area contributed by atoms with E-state index in [2.05, 4.69) is 21.6 Å². The molecule has 25 heavy (non-hydrogen) atoms. The molecule has 6 heteroatoms. The predicted molar refractivity (Wildman–Crippen MR) is 97.8 cm³/mol. The van der Waals surface area contributed by atoms with Crippen molar-refractivity contribution in [3.05, 3.63) is 65.1 Å². The number of aryl methyl sites for hydroxylation is 2. The van der Waals surface area contributed by atoms with Crippen LogP contribution >= 0.6 is 0 Å². The Kier molecular flexibility index (Phi) is 4.70. The molecule has 0 saturated heterocycles. The van der Waals surface area contributed by atoms with E-state index in [9.17, 15) is 4.79 Å². The molecule has 0 radical (unpaired) electrons. The van der Waals surface area contributed by atoms with Crippen LogP contribution in [0.15, 0.2) is 42.6 Å². The Hall–Kier alpha value is -2.89. The molecule has 0 unspecified atom stereocenters. The highest BCUT2D eigenvalue weighted by Crippen LogP contribution is 2.15. The number of nitrogens with zero attached hydrogens (tertiary/aromatic N) is 4. The minimum absolute atomic E-state index is 0.139. The first-order valence-corrected chi connectivity index (χ1v) is 8.39. The zero-order chi connectivity index (χ0) is 18.0. The van der Waals surface area contributed by atoms with Gasteiger partial charge in [-0.3, -0.25) is 9.48 Å². The molecule has 2 aromatic heterocycles. The first-order chi connectivity index (χ1) is 11.9. The molecular weight excluding hydrogens is 314 g/mol. The molecule has 1 aromatic carbocycles. The number of carbonyl (C=O) groups excluding carboxylic acids is 1. The third-order valence-corrected chi connectivity index (χ3v) is 4.05. The van der Waals surface area contributed by atoms with E-state index in [4.69, 9.17) is 0 Å². The summed E-state index contributed by atoms with van der Waals surface area (Å²) in [5, 5.41) is 11.6. The van der Waals surface area contributed by atoms with Gasteiger partial charge in [-0.1, -0.05) is 12.1 Å². The van der Waals surface area contributed by atoms with Crippen LogP contribution in [0.25, 0.3) is 0 Å². The van der Waals surface area contributed by atoms with Crippen molar-refractivity contribution in [2.75, 3.05) is 5.32 Å². The molecule has 0 fully saturated rings. The van der Waals surface area contributed by atoms with E-state index in [1.54, 1.807) is 16.9 Å². The lowest BCUT2D eigenvalue weighted by molar-refractivity contribution is 0.102. The Bertz CT molecular complexity index is 874. The second kappa shape index (κ2) is 6.93. The Morgan fingerprint density at radius 1 is 1.16 bits per heavy atom. The molecule has 1 N–H and O–H groups in total. The normalized spacial score (nSPS) is 11.1. The Morgan fingerprint density at radius 3 is 2.48 bits per heavy atom. The average Bonchev–Trinajstić information content (AvgIpc) is 3.14. The highest BCUT2D eigenvalue weighted by Gasteiger charge is 2.11. The van der Waals surface area contributed by atoms with Gasteiger partial charge in [0.2, 0.25) is 0 Å². The summed E-state index contributed by atoms with van der Waals surface area (Å²) < 4.78 is 3.75. The Labute approximate surface area is 147 Å². The lowest BCUT2D eigenvalue weighted by atomic mass is 10.1. The number of aromatic nitrogens is 4. The zero-order valence-electron chi connectivity index (χ0n) is 15.0. The summed E-state index contributed by atoms with van der Waals surface area (Å²) in [7, 11) is 0. The fraction of sp³-hybridized carbons (Fsp3) is 0.316. The van der Waals surface area contributed by atoms with Gasteiger partial charge in [0.1, 0.15) is 5.82 Å². The van der Waals surface area contributed by atoms with Crippen LogP contribution in [-0.4, -0.2) is 25.5 Å². The minimum atomic E-state index is -0.139. The molecule has 0 spiro atoms. The molecule has 3 aromatic rings. The van der Waals surface area contributed by atoms with Gasteiger partial charge in [-0.15, -0.1) is 0 Å². The van der Waals surface area contributed by atoms with Gasteiger partial charge in [-0.05, 0) is 51.5 Å². The summed E-state index contributed by atoms with van der Waals surface area (Å²) in [6.07, 6.45) is 1.69. The van der Waals surface area contributed by atoms with Crippen molar-refractivity contribution < 1.29 is 4.79 Å². The van der Waals surface area contributed by atoms with Crippen molar-refractivity contribution in [1.82, 2.24) is 19.6 Å². The van der Waals surface area contributed by atoms with Gasteiger partial charge in [0.15, 0.2) is 0 Å². The van der Waals surface area contributed by atoms with Crippen LogP contribution in [0.4, 0.5) is 5.82 Å². The first-order valence-electron chi connectivity index (χ1n) is 8.39. The maximum atomic E-state index is 12.4. The summed E-state index contributed by atoms with van der Waals surface area (Å²) >= 11 is 0. The summed E-state index contributed by atoms with van der Waals surface area (Å²) in [5.41, 5.74) is 3.86. The van der Waals surface area contributed by atoms with Crippen molar-refractivity contribution in [3.63, 3.8) is 0 Å². The van der Waals surface area contributed by atoms with Gasteiger partial charge in [-0.2, -0.15) is 10.2 Å². The van der Waals surface area contributed by atoms with Crippen molar-refractivity contribution in [2.45, 2.75) is 40.3 Å². The monoisotopic (exact) mass is 337 g/mol. The largest absolute Gasteiger partial charge is 0.307 e. The highest BCUT2D eigenvalue weighted by atomic mass is 16.1. The van der Waals surface area contributed by atoms with Crippen LogP contribution in [0, 0.1) is 13.8 Å². The van der Waals surface area contributed by atoms with Crippen LogP contribution in [0.5, 0.6) is 0 Å². The molecule has 0 aliphatic rings. The van der Waals surface area contributed by atoms with Crippen molar-refractivity contribution in [3.8, 4) is 0 Å². The van der Waals surface area contributed by atoms with Gasteiger partial charge in [-0.25, -0.2) is 4.68 Å². The number of amides is 1. The van der Waals surface area contributed by atoms with E-state index in [1.165, 1.54) is 0 Å². The molecule has 0 aliphatic carbocycles. The van der Waals surface area contributed by atoms with Crippen LogP contribution in [0.1, 0.15) is 47.2 Å². The summed E-state index contributed by atoms with van der Waals surface area (Å²) in [6.45, 7) is 8.77. The van der Waals surface area contributed by atoms with Crippen molar-refractivity contribution >= 4 is 11.7 Å². The van der Waals surface area contributed by atoms with Crippen LogP contribution in [0.3, 0.4) is 0 Å². The van der Waals surface area contributed by atoms with E-state index >= 15 is 0 Å². The fourth-order valence-corrected chi connectivity index (χ4v) is 2.78. The third-order valence-electron chi connectivity index (χ3n) is 4.05. The molecule has 0 atom stereocenters.